The molecule has 0 bridgehead atoms. The minimum atomic E-state index is 0.0426. The molecule has 5 heteroatoms. The van der Waals surface area contributed by atoms with Crippen LogP contribution in [0.1, 0.15) is 22.8 Å². The van der Waals surface area contributed by atoms with Crippen LogP contribution < -0.4 is 4.74 Å². The lowest BCUT2D eigenvalue weighted by molar-refractivity contribution is -0.133. The maximum absolute atomic E-state index is 12.5. The molecule has 2 aromatic carbocycles. The first kappa shape index (κ1) is 18.2. The van der Waals surface area contributed by atoms with E-state index in [1.165, 1.54) is 11.1 Å². The first-order valence-electron chi connectivity index (χ1n) is 8.47. The number of hydrogen-bond acceptors (Lipinski definition) is 3. The van der Waals surface area contributed by atoms with Gasteiger partial charge >= 0.3 is 0 Å². The van der Waals surface area contributed by atoms with Crippen molar-refractivity contribution in [1.29, 1.82) is 0 Å². The summed E-state index contributed by atoms with van der Waals surface area (Å²) in [5, 5.41) is 1.11. The molecule has 1 fully saturated rings. The minimum absolute atomic E-state index is 0.0426. The Morgan fingerprint density at radius 1 is 1.20 bits per heavy atom. The standard InChI is InChI=1S/C20H22ClNO2S/c1-15-4-2-3-5-18(15)19-10-11-22(12-13-25-19)20(23)14-24-17-8-6-16(21)7-9-17/h2-9,19H,10-14H2,1H3/t19-/m0/s1. The number of rotatable bonds is 4. The van der Waals surface area contributed by atoms with Crippen LogP contribution in [-0.2, 0) is 4.79 Å². The number of hydrogen-bond donors (Lipinski definition) is 0. The fourth-order valence-electron chi connectivity index (χ4n) is 2.98. The molecule has 2 aromatic rings. The molecular formula is C20H22ClNO2S. The summed E-state index contributed by atoms with van der Waals surface area (Å²) in [7, 11) is 0. The lowest BCUT2D eigenvalue weighted by Crippen LogP contribution is -2.36. The molecule has 3 rings (SSSR count). The highest BCUT2D eigenvalue weighted by Gasteiger charge is 2.23. The largest absolute Gasteiger partial charge is 0.484 e. The van der Waals surface area contributed by atoms with E-state index in [2.05, 4.69) is 31.2 Å². The zero-order chi connectivity index (χ0) is 17.6. The zero-order valence-corrected chi connectivity index (χ0v) is 15.9. The highest BCUT2D eigenvalue weighted by molar-refractivity contribution is 7.99. The summed E-state index contributed by atoms with van der Waals surface area (Å²) in [6, 6.07) is 15.6. The van der Waals surface area contributed by atoms with E-state index in [1.807, 2.05) is 16.7 Å². The topological polar surface area (TPSA) is 29.5 Å². The van der Waals surface area contributed by atoms with Gasteiger partial charge in [0.25, 0.3) is 5.91 Å². The number of carbonyl (C=O) groups is 1. The molecule has 0 saturated carbocycles. The van der Waals surface area contributed by atoms with Gasteiger partial charge in [-0.1, -0.05) is 35.9 Å². The van der Waals surface area contributed by atoms with Crippen LogP contribution in [0.5, 0.6) is 5.75 Å². The van der Waals surface area contributed by atoms with Gasteiger partial charge < -0.3 is 9.64 Å². The van der Waals surface area contributed by atoms with Crippen LogP contribution >= 0.6 is 23.4 Å². The molecule has 0 aromatic heterocycles. The fraction of sp³-hybridized carbons (Fsp3) is 0.350. The summed E-state index contributed by atoms with van der Waals surface area (Å²) < 4.78 is 5.59. The zero-order valence-electron chi connectivity index (χ0n) is 14.3. The molecule has 0 spiro atoms. The van der Waals surface area contributed by atoms with E-state index >= 15 is 0 Å². The lowest BCUT2D eigenvalue weighted by Gasteiger charge is -2.21. The molecule has 1 aliphatic rings. The van der Waals surface area contributed by atoms with Gasteiger partial charge in [-0.3, -0.25) is 4.79 Å². The summed E-state index contributed by atoms with van der Waals surface area (Å²) in [5.41, 5.74) is 2.71. The summed E-state index contributed by atoms with van der Waals surface area (Å²) in [6.45, 7) is 3.77. The number of benzene rings is 2. The van der Waals surface area contributed by atoms with Gasteiger partial charge in [0, 0.05) is 29.1 Å². The van der Waals surface area contributed by atoms with Crippen LogP contribution in [0.15, 0.2) is 48.5 Å². The summed E-state index contributed by atoms with van der Waals surface area (Å²) in [6.07, 6.45) is 0.974. The van der Waals surface area contributed by atoms with Crippen LogP contribution in [0, 0.1) is 6.92 Å². The Kier molecular flexibility index (Phi) is 6.27. The number of thioether (sulfide) groups is 1. The number of amides is 1. The summed E-state index contributed by atoms with van der Waals surface area (Å²) in [5.74, 6) is 1.66. The average Bonchev–Trinajstić information content (AvgIpc) is 2.87. The van der Waals surface area contributed by atoms with Gasteiger partial charge in [0.05, 0.1) is 0 Å². The van der Waals surface area contributed by atoms with Crippen molar-refractivity contribution < 1.29 is 9.53 Å². The highest BCUT2D eigenvalue weighted by atomic mass is 35.5. The number of aryl methyl sites for hydroxylation is 1. The molecule has 1 heterocycles. The molecule has 3 nitrogen and oxygen atoms in total. The van der Waals surface area contributed by atoms with E-state index in [0.717, 1.165) is 25.3 Å². The molecule has 1 amide bonds. The predicted octanol–water partition coefficient (Wildman–Crippen LogP) is 4.73. The highest BCUT2D eigenvalue weighted by Crippen LogP contribution is 2.35. The van der Waals surface area contributed by atoms with Crippen molar-refractivity contribution in [3.05, 3.63) is 64.7 Å². The van der Waals surface area contributed by atoms with E-state index in [1.54, 1.807) is 24.3 Å². The molecule has 1 aliphatic heterocycles. The molecule has 132 valence electrons. The predicted molar refractivity (Wildman–Crippen MR) is 105 cm³/mol. The second-order valence-corrected chi connectivity index (χ2v) is 7.88. The number of halogens is 1. The second-order valence-electron chi connectivity index (χ2n) is 6.13. The molecule has 1 atom stereocenters. The quantitative estimate of drug-likeness (QED) is 0.773. The molecule has 1 saturated heterocycles. The van der Waals surface area contributed by atoms with Gasteiger partial charge in [-0.25, -0.2) is 0 Å². The van der Waals surface area contributed by atoms with Gasteiger partial charge in [-0.15, -0.1) is 0 Å². The number of nitrogens with zero attached hydrogens (tertiary/aromatic N) is 1. The SMILES string of the molecule is Cc1ccccc1[C@@H]1CCN(C(=O)COc2ccc(Cl)cc2)CCS1. The van der Waals surface area contributed by atoms with Crippen LogP contribution in [-0.4, -0.2) is 36.3 Å². The Labute approximate surface area is 158 Å². The van der Waals surface area contributed by atoms with E-state index in [-0.39, 0.29) is 12.5 Å². The lowest BCUT2D eigenvalue weighted by atomic mass is 10.0. The molecule has 0 aliphatic carbocycles. The van der Waals surface area contributed by atoms with Crippen molar-refractivity contribution in [2.75, 3.05) is 25.4 Å². The Bertz CT molecular complexity index is 720. The second kappa shape index (κ2) is 8.63. The summed E-state index contributed by atoms with van der Waals surface area (Å²) >= 11 is 7.80. The van der Waals surface area contributed by atoms with E-state index in [9.17, 15) is 4.79 Å². The van der Waals surface area contributed by atoms with Crippen molar-refractivity contribution in [1.82, 2.24) is 4.90 Å². The van der Waals surface area contributed by atoms with Gasteiger partial charge in [-0.05, 0) is 48.7 Å². The third kappa shape index (κ3) is 4.93. The smallest absolute Gasteiger partial charge is 0.260 e. The maximum atomic E-state index is 12.5. The van der Waals surface area contributed by atoms with Gasteiger partial charge in [0.1, 0.15) is 5.75 Å². The van der Waals surface area contributed by atoms with Crippen molar-refractivity contribution in [3.8, 4) is 5.75 Å². The van der Waals surface area contributed by atoms with Crippen LogP contribution in [0.25, 0.3) is 0 Å². The third-order valence-electron chi connectivity index (χ3n) is 4.41. The van der Waals surface area contributed by atoms with Gasteiger partial charge in [0.15, 0.2) is 6.61 Å². The third-order valence-corrected chi connectivity index (χ3v) is 5.97. The molecule has 0 N–H and O–H groups in total. The Balaban J connectivity index is 1.54. The van der Waals surface area contributed by atoms with E-state index in [4.69, 9.17) is 16.3 Å². The fourth-order valence-corrected chi connectivity index (χ4v) is 4.44. The Morgan fingerprint density at radius 2 is 1.96 bits per heavy atom. The van der Waals surface area contributed by atoms with Crippen molar-refractivity contribution in [3.63, 3.8) is 0 Å². The molecule has 0 radical (unpaired) electrons. The van der Waals surface area contributed by atoms with Gasteiger partial charge in [0.2, 0.25) is 0 Å². The first-order valence-corrected chi connectivity index (χ1v) is 9.89. The van der Waals surface area contributed by atoms with E-state index < -0.39 is 0 Å². The molecule has 25 heavy (non-hydrogen) atoms. The van der Waals surface area contributed by atoms with Crippen molar-refractivity contribution >= 4 is 29.3 Å². The average molecular weight is 376 g/mol. The summed E-state index contributed by atoms with van der Waals surface area (Å²) in [4.78, 5) is 14.4. The minimum Gasteiger partial charge on any atom is -0.484 e. The van der Waals surface area contributed by atoms with E-state index in [0.29, 0.717) is 16.0 Å². The normalized spacial score (nSPS) is 17.8. The molecule has 0 unspecified atom stereocenters. The van der Waals surface area contributed by atoms with Gasteiger partial charge in [-0.2, -0.15) is 11.8 Å². The Morgan fingerprint density at radius 3 is 2.72 bits per heavy atom. The number of ether oxygens (including phenoxy) is 1. The Hall–Kier alpha value is -1.65. The number of carbonyl (C=O) groups excluding carboxylic acids is 1. The van der Waals surface area contributed by atoms with Crippen LogP contribution in [0.3, 0.4) is 0 Å². The molecular weight excluding hydrogens is 354 g/mol. The van der Waals surface area contributed by atoms with Crippen LogP contribution in [0.2, 0.25) is 5.02 Å². The van der Waals surface area contributed by atoms with Crippen LogP contribution in [0.4, 0.5) is 0 Å². The van der Waals surface area contributed by atoms with Crippen molar-refractivity contribution in [2.24, 2.45) is 0 Å². The monoisotopic (exact) mass is 375 g/mol. The van der Waals surface area contributed by atoms with Crippen molar-refractivity contribution in [2.45, 2.75) is 18.6 Å². The first-order chi connectivity index (χ1) is 12.1. The maximum Gasteiger partial charge on any atom is 0.260 e.